The van der Waals surface area contributed by atoms with Crippen molar-refractivity contribution in [1.82, 2.24) is 20.3 Å². The molecule has 23 heavy (non-hydrogen) atoms. The topological polar surface area (TPSA) is 122 Å². The molecule has 2 aromatic rings. The lowest BCUT2D eigenvalue weighted by atomic mass is 10.1. The summed E-state index contributed by atoms with van der Waals surface area (Å²) >= 11 is 0. The molecule has 0 saturated heterocycles. The summed E-state index contributed by atoms with van der Waals surface area (Å²) in [5, 5.41) is 3.56. The summed E-state index contributed by atoms with van der Waals surface area (Å²) in [7, 11) is -3.27. The molecule has 0 spiro atoms. The third-order valence-electron chi connectivity index (χ3n) is 3.27. The summed E-state index contributed by atoms with van der Waals surface area (Å²) in [6.45, 7) is 0. The fourth-order valence-corrected chi connectivity index (χ4v) is 3.41. The minimum atomic E-state index is -3.27. The van der Waals surface area contributed by atoms with Gasteiger partial charge in [0.05, 0.1) is 17.5 Å². The lowest BCUT2D eigenvalue weighted by Gasteiger charge is -2.09. The molecule has 1 aliphatic rings. The number of amides is 1. The lowest BCUT2D eigenvalue weighted by molar-refractivity contribution is 0.0946. The van der Waals surface area contributed by atoms with Gasteiger partial charge < -0.3 is 10.3 Å². The maximum absolute atomic E-state index is 12.1. The van der Waals surface area contributed by atoms with Crippen LogP contribution in [0.25, 0.3) is 11.3 Å². The van der Waals surface area contributed by atoms with E-state index in [0.717, 1.165) is 5.41 Å². The van der Waals surface area contributed by atoms with Crippen molar-refractivity contribution in [3.63, 3.8) is 0 Å². The van der Waals surface area contributed by atoms with Crippen LogP contribution in [0.1, 0.15) is 10.4 Å². The van der Waals surface area contributed by atoms with Crippen molar-refractivity contribution in [3.8, 4) is 11.3 Å². The summed E-state index contributed by atoms with van der Waals surface area (Å²) in [5.41, 5.74) is 0.425. The number of nitrogens with zero attached hydrogens (tertiary/aromatic N) is 2. The fraction of sp³-hybridized carbons (Fsp3) is 0.143. The van der Waals surface area contributed by atoms with Gasteiger partial charge in [0.25, 0.3) is 11.5 Å². The number of nitrogens with one attached hydrogen (secondary N) is 2. The normalized spacial score (nSPS) is 18.7. The molecule has 0 radical (unpaired) electrons. The molecular weight excluding hydrogens is 320 g/mol. The highest BCUT2D eigenvalue weighted by molar-refractivity contribution is 7.94. The Morgan fingerprint density at radius 2 is 2.00 bits per heavy atom. The Morgan fingerprint density at radius 3 is 2.61 bits per heavy atom. The van der Waals surface area contributed by atoms with Gasteiger partial charge in [-0.05, 0) is 18.2 Å². The second-order valence-corrected chi connectivity index (χ2v) is 6.91. The van der Waals surface area contributed by atoms with Crippen LogP contribution in [0.2, 0.25) is 0 Å². The van der Waals surface area contributed by atoms with Gasteiger partial charge in [-0.3, -0.25) is 9.59 Å². The molecule has 1 atom stereocenters. The molecule has 9 heteroatoms. The SMILES string of the molecule is O=C(N[C@@H]1C=CS(=O)(=O)C1)c1ccc(-c2cncnc2)[nH]c1=O. The van der Waals surface area contributed by atoms with Gasteiger partial charge in [-0.2, -0.15) is 0 Å². The van der Waals surface area contributed by atoms with Crippen LogP contribution in [0, 0.1) is 0 Å². The first-order valence-electron chi connectivity index (χ1n) is 6.65. The molecule has 0 aliphatic carbocycles. The van der Waals surface area contributed by atoms with Crippen LogP contribution in [-0.2, 0) is 9.84 Å². The third kappa shape index (κ3) is 3.34. The molecule has 118 valence electrons. The number of carbonyl (C=O) groups excluding carboxylic acids is 1. The number of pyridine rings is 1. The average Bonchev–Trinajstić information content (AvgIpc) is 2.86. The first kappa shape index (κ1) is 15.1. The average molecular weight is 332 g/mol. The van der Waals surface area contributed by atoms with E-state index in [0.29, 0.717) is 11.3 Å². The van der Waals surface area contributed by atoms with Crippen LogP contribution >= 0.6 is 0 Å². The predicted octanol–water partition coefficient (Wildman–Crippen LogP) is -0.128. The number of aromatic amines is 1. The molecule has 2 aromatic heterocycles. The number of aromatic nitrogens is 3. The van der Waals surface area contributed by atoms with Crippen LogP contribution < -0.4 is 10.9 Å². The zero-order valence-corrected chi connectivity index (χ0v) is 12.6. The minimum Gasteiger partial charge on any atom is -0.345 e. The third-order valence-corrected chi connectivity index (χ3v) is 4.67. The van der Waals surface area contributed by atoms with Crippen molar-refractivity contribution in [2.24, 2.45) is 0 Å². The van der Waals surface area contributed by atoms with Crippen LogP contribution in [0.5, 0.6) is 0 Å². The number of hydrogen-bond acceptors (Lipinski definition) is 6. The molecule has 0 bridgehead atoms. The number of rotatable bonds is 3. The summed E-state index contributed by atoms with van der Waals surface area (Å²) in [5.74, 6) is -0.829. The van der Waals surface area contributed by atoms with E-state index in [1.165, 1.54) is 30.9 Å². The highest BCUT2D eigenvalue weighted by Crippen LogP contribution is 2.13. The molecule has 0 aromatic carbocycles. The maximum Gasteiger partial charge on any atom is 0.261 e. The molecular formula is C14H12N4O4S. The van der Waals surface area contributed by atoms with Crippen LogP contribution in [0.15, 0.2) is 47.1 Å². The molecule has 0 unspecified atom stereocenters. The minimum absolute atomic E-state index is 0.0942. The van der Waals surface area contributed by atoms with Crippen molar-refractivity contribution in [1.29, 1.82) is 0 Å². The van der Waals surface area contributed by atoms with Gasteiger partial charge in [-0.15, -0.1) is 0 Å². The highest BCUT2D eigenvalue weighted by atomic mass is 32.2. The molecule has 1 aliphatic heterocycles. The van der Waals surface area contributed by atoms with E-state index in [4.69, 9.17) is 0 Å². The molecule has 1 amide bonds. The van der Waals surface area contributed by atoms with E-state index in [2.05, 4.69) is 20.3 Å². The number of carbonyl (C=O) groups is 1. The highest BCUT2D eigenvalue weighted by Gasteiger charge is 2.24. The van der Waals surface area contributed by atoms with Gasteiger partial charge in [-0.25, -0.2) is 18.4 Å². The quantitative estimate of drug-likeness (QED) is 0.807. The summed E-state index contributed by atoms with van der Waals surface area (Å²) < 4.78 is 22.6. The Labute approximate surface area is 131 Å². The summed E-state index contributed by atoms with van der Waals surface area (Å²) in [6, 6.07) is 2.31. The molecule has 3 heterocycles. The van der Waals surface area contributed by atoms with Gasteiger partial charge >= 0.3 is 0 Å². The predicted molar refractivity (Wildman–Crippen MR) is 82.3 cm³/mol. The molecule has 8 nitrogen and oxygen atoms in total. The van der Waals surface area contributed by atoms with E-state index in [9.17, 15) is 18.0 Å². The number of sulfone groups is 1. The zero-order valence-electron chi connectivity index (χ0n) is 11.8. The number of hydrogen-bond donors (Lipinski definition) is 2. The van der Waals surface area contributed by atoms with Gasteiger partial charge in [-0.1, -0.05) is 0 Å². The van der Waals surface area contributed by atoms with E-state index < -0.39 is 27.3 Å². The smallest absolute Gasteiger partial charge is 0.261 e. The van der Waals surface area contributed by atoms with E-state index in [1.807, 2.05) is 0 Å². The Morgan fingerprint density at radius 1 is 1.26 bits per heavy atom. The molecule has 3 rings (SSSR count). The summed E-state index contributed by atoms with van der Waals surface area (Å²) in [4.78, 5) is 34.4. The molecule has 2 N–H and O–H groups in total. The first-order valence-corrected chi connectivity index (χ1v) is 8.37. The molecule has 0 saturated carbocycles. The second kappa shape index (κ2) is 5.76. The Bertz CT molecular complexity index is 935. The van der Waals surface area contributed by atoms with Crippen LogP contribution in [-0.4, -0.2) is 41.1 Å². The van der Waals surface area contributed by atoms with Crippen LogP contribution in [0.4, 0.5) is 0 Å². The van der Waals surface area contributed by atoms with Crippen molar-refractivity contribution >= 4 is 15.7 Å². The lowest BCUT2D eigenvalue weighted by Crippen LogP contribution is -2.38. The van der Waals surface area contributed by atoms with E-state index in [1.54, 1.807) is 6.07 Å². The maximum atomic E-state index is 12.1. The largest absolute Gasteiger partial charge is 0.345 e. The number of H-pyrrole nitrogens is 1. The molecule has 0 fully saturated rings. The van der Waals surface area contributed by atoms with E-state index in [-0.39, 0.29) is 11.3 Å². The van der Waals surface area contributed by atoms with Crippen molar-refractivity contribution < 1.29 is 13.2 Å². The standard InChI is InChI=1S/C14H12N4O4S/c19-13(17-10-3-4-23(21,22)7-10)11-1-2-12(18-14(11)20)9-5-15-8-16-6-9/h1-6,8,10H,7H2,(H,17,19)(H,18,20)/t10-/m1/s1. The van der Waals surface area contributed by atoms with Crippen LogP contribution in [0.3, 0.4) is 0 Å². The van der Waals surface area contributed by atoms with Gasteiger partial charge in [0.15, 0.2) is 9.84 Å². The van der Waals surface area contributed by atoms with Gasteiger partial charge in [0.1, 0.15) is 11.9 Å². The Balaban J connectivity index is 1.80. The van der Waals surface area contributed by atoms with E-state index >= 15 is 0 Å². The van der Waals surface area contributed by atoms with Crippen molar-refractivity contribution in [2.45, 2.75) is 6.04 Å². The Hall–Kier alpha value is -2.81. The summed E-state index contributed by atoms with van der Waals surface area (Å²) in [6.07, 6.45) is 5.82. The monoisotopic (exact) mass is 332 g/mol. The second-order valence-electron chi connectivity index (χ2n) is 4.98. The van der Waals surface area contributed by atoms with Crippen molar-refractivity contribution in [3.05, 3.63) is 58.3 Å². The van der Waals surface area contributed by atoms with Crippen molar-refractivity contribution in [2.75, 3.05) is 5.75 Å². The van der Waals surface area contributed by atoms with Gasteiger partial charge in [0, 0.05) is 23.4 Å². The van der Waals surface area contributed by atoms with Gasteiger partial charge in [0.2, 0.25) is 0 Å². The first-order chi connectivity index (χ1) is 10.9. The fourth-order valence-electron chi connectivity index (χ4n) is 2.17. The zero-order chi connectivity index (χ0) is 16.4. The Kier molecular flexibility index (Phi) is 3.78.